The molecule has 1 fully saturated rings. The van der Waals surface area contributed by atoms with E-state index in [0.29, 0.717) is 22.3 Å². The summed E-state index contributed by atoms with van der Waals surface area (Å²) in [6.07, 6.45) is 11.5. The van der Waals surface area contributed by atoms with Crippen molar-refractivity contribution >= 4 is 23.8 Å². The molecule has 3 rings (SSSR count). The summed E-state index contributed by atoms with van der Waals surface area (Å²) in [6, 6.07) is 11.2. The second-order valence-corrected chi connectivity index (χ2v) is 8.79. The van der Waals surface area contributed by atoms with Crippen molar-refractivity contribution in [3.63, 3.8) is 0 Å². The third-order valence-electron chi connectivity index (χ3n) is 6.00. The number of rotatable bonds is 6. The van der Waals surface area contributed by atoms with E-state index in [9.17, 15) is 8.78 Å². The number of thiol groups is 1. The Morgan fingerprint density at radius 1 is 1.00 bits per heavy atom. The number of benzene rings is 2. The molecule has 4 heteroatoms. The van der Waals surface area contributed by atoms with Crippen molar-refractivity contribution in [1.82, 2.24) is 0 Å². The summed E-state index contributed by atoms with van der Waals surface area (Å²) >= 11 is 4.65. The van der Waals surface area contributed by atoms with Gasteiger partial charge in [-0.15, -0.1) is 0 Å². The molecule has 0 spiro atoms. The summed E-state index contributed by atoms with van der Waals surface area (Å²) in [5.74, 6) is -1.21. The van der Waals surface area contributed by atoms with E-state index in [-0.39, 0.29) is 5.75 Å². The Morgan fingerprint density at radius 3 is 2.29 bits per heavy atom. The zero-order valence-corrected chi connectivity index (χ0v) is 19.1. The van der Waals surface area contributed by atoms with Gasteiger partial charge in [-0.25, -0.2) is 8.78 Å². The Balaban J connectivity index is 1.71. The largest absolute Gasteiger partial charge is 0.491 e. The second-order valence-electron chi connectivity index (χ2n) is 8.06. The van der Waals surface area contributed by atoms with E-state index < -0.39 is 11.6 Å². The van der Waals surface area contributed by atoms with Crippen LogP contribution in [0.4, 0.5) is 8.78 Å². The molecule has 164 valence electrons. The van der Waals surface area contributed by atoms with Gasteiger partial charge in [0.1, 0.15) is 0 Å². The predicted octanol–water partition coefficient (Wildman–Crippen LogP) is 7.99. The van der Waals surface area contributed by atoms with Crippen LogP contribution in [0.25, 0.3) is 11.1 Å². The lowest BCUT2D eigenvalue weighted by molar-refractivity contribution is 0.359. The highest BCUT2D eigenvalue weighted by Gasteiger charge is 2.18. The van der Waals surface area contributed by atoms with Crippen LogP contribution in [0, 0.1) is 11.6 Å². The predicted molar refractivity (Wildman–Crippen MR) is 130 cm³/mol. The number of ether oxygens (including phenoxy) is 1. The first kappa shape index (κ1) is 23.3. The van der Waals surface area contributed by atoms with Gasteiger partial charge in [0.05, 0.1) is 7.11 Å². The van der Waals surface area contributed by atoms with Crippen LogP contribution in [0.3, 0.4) is 0 Å². The molecule has 31 heavy (non-hydrogen) atoms. The second kappa shape index (κ2) is 10.8. The van der Waals surface area contributed by atoms with Gasteiger partial charge in [-0.3, -0.25) is 0 Å². The van der Waals surface area contributed by atoms with E-state index >= 15 is 0 Å². The number of hydrogen-bond acceptors (Lipinski definition) is 2. The third kappa shape index (κ3) is 5.88. The van der Waals surface area contributed by atoms with Gasteiger partial charge >= 0.3 is 0 Å². The molecular weight excluding hydrogens is 410 g/mol. The molecule has 0 heterocycles. The number of halogens is 2. The van der Waals surface area contributed by atoms with Crippen LogP contribution in [0.15, 0.2) is 61.2 Å². The molecule has 0 aliphatic heterocycles. The van der Waals surface area contributed by atoms with Crippen molar-refractivity contribution in [2.45, 2.75) is 50.2 Å². The molecule has 1 saturated carbocycles. The van der Waals surface area contributed by atoms with Crippen LogP contribution in [-0.4, -0.2) is 12.4 Å². The zero-order chi connectivity index (χ0) is 22.4. The monoisotopic (exact) mass is 440 g/mol. The number of hydrogen-bond donors (Lipinski definition) is 1. The lowest BCUT2D eigenvalue weighted by atomic mass is 9.90. The van der Waals surface area contributed by atoms with Crippen LogP contribution < -0.4 is 4.74 Å². The third-order valence-corrected chi connectivity index (χ3v) is 6.52. The molecule has 2 aromatic carbocycles. The van der Waals surface area contributed by atoms with Gasteiger partial charge in [-0.1, -0.05) is 55.5 Å². The summed E-state index contributed by atoms with van der Waals surface area (Å²) in [5.41, 5.74) is 4.41. The van der Waals surface area contributed by atoms with Crippen molar-refractivity contribution in [3.8, 4) is 5.75 Å². The van der Waals surface area contributed by atoms with Gasteiger partial charge in [-0.05, 0) is 78.5 Å². The van der Waals surface area contributed by atoms with Crippen LogP contribution in [0.1, 0.15) is 61.6 Å². The molecule has 0 bridgehead atoms. The minimum Gasteiger partial charge on any atom is -0.491 e. The van der Waals surface area contributed by atoms with E-state index in [1.807, 2.05) is 25.2 Å². The Labute approximate surface area is 189 Å². The van der Waals surface area contributed by atoms with Crippen molar-refractivity contribution in [2.75, 3.05) is 7.11 Å². The summed E-state index contributed by atoms with van der Waals surface area (Å²) < 4.78 is 32.9. The Bertz CT molecular complexity index is 952. The molecule has 1 aliphatic rings. The lowest BCUT2D eigenvalue weighted by Crippen LogP contribution is -1.98. The lowest BCUT2D eigenvalue weighted by Gasteiger charge is -2.15. The zero-order valence-electron chi connectivity index (χ0n) is 18.2. The maximum atomic E-state index is 14.1. The Hall–Kier alpha value is -2.33. The van der Waals surface area contributed by atoms with E-state index in [0.717, 1.165) is 11.1 Å². The fourth-order valence-corrected chi connectivity index (χ4v) is 4.48. The van der Waals surface area contributed by atoms with E-state index in [4.69, 9.17) is 4.74 Å². The summed E-state index contributed by atoms with van der Waals surface area (Å²) in [6.45, 7) is 5.99. The minimum absolute atomic E-state index is 0.369. The van der Waals surface area contributed by atoms with Crippen LogP contribution >= 0.6 is 12.6 Å². The van der Waals surface area contributed by atoms with Gasteiger partial charge in [0.25, 0.3) is 0 Å². The molecule has 2 aromatic rings. The minimum atomic E-state index is -0.720. The average molecular weight is 441 g/mol. The van der Waals surface area contributed by atoms with Crippen molar-refractivity contribution < 1.29 is 13.5 Å². The summed E-state index contributed by atoms with van der Waals surface area (Å²) in [5, 5.41) is 0.530. The molecule has 0 aromatic heterocycles. The van der Waals surface area contributed by atoms with Crippen molar-refractivity contribution in [2.24, 2.45) is 0 Å². The molecule has 0 N–H and O–H groups in total. The van der Waals surface area contributed by atoms with Gasteiger partial charge in [0.15, 0.2) is 17.4 Å². The van der Waals surface area contributed by atoms with Crippen molar-refractivity contribution in [3.05, 3.63) is 89.5 Å². The highest BCUT2D eigenvalue weighted by molar-refractivity contribution is 7.80. The van der Waals surface area contributed by atoms with E-state index in [2.05, 4.69) is 43.5 Å². The quantitative estimate of drug-likeness (QED) is 0.272. The molecule has 2 atom stereocenters. The summed E-state index contributed by atoms with van der Waals surface area (Å²) in [7, 11) is 1.25. The maximum Gasteiger partial charge on any atom is 0.190 e. The smallest absolute Gasteiger partial charge is 0.190 e. The first-order valence-electron chi connectivity index (χ1n) is 10.8. The average Bonchev–Trinajstić information content (AvgIpc) is 2.98. The first-order chi connectivity index (χ1) is 14.9. The highest BCUT2D eigenvalue weighted by Crippen LogP contribution is 2.34. The van der Waals surface area contributed by atoms with Crippen LogP contribution in [-0.2, 0) is 0 Å². The molecule has 0 radical (unpaired) electrons. The fourth-order valence-electron chi connectivity index (χ4n) is 4.15. The fraction of sp³-hybridized carbons (Fsp3) is 0.333. The summed E-state index contributed by atoms with van der Waals surface area (Å²) in [4.78, 5) is 0. The van der Waals surface area contributed by atoms with E-state index in [1.165, 1.54) is 56.9 Å². The topological polar surface area (TPSA) is 9.23 Å². The molecule has 0 amide bonds. The van der Waals surface area contributed by atoms with Crippen molar-refractivity contribution in [1.29, 1.82) is 0 Å². The first-order valence-corrected chi connectivity index (χ1v) is 11.3. The number of methoxy groups -OCH3 is 1. The Kier molecular flexibility index (Phi) is 8.14. The highest BCUT2D eigenvalue weighted by atomic mass is 32.1. The van der Waals surface area contributed by atoms with Gasteiger partial charge in [0.2, 0.25) is 0 Å². The molecular formula is C27H30F2OS. The Morgan fingerprint density at radius 2 is 1.68 bits per heavy atom. The van der Waals surface area contributed by atoms with Crippen LogP contribution in [0.2, 0.25) is 0 Å². The van der Waals surface area contributed by atoms with Crippen LogP contribution in [0.5, 0.6) is 5.75 Å². The number of allylic oxidation sites excluding steroid dienone is 5. The van der Waals surface area contributed by atoms with Gasteiger partial charge < -0.3 is 4.74 Å². The van der Waals surface area contributed by atoms with Gasteiger partial charge in [-0.2, -0.15) is 12.6 Å². The molecule has 0 saturated heterocycles. The normalized spacial score (nSPS) is 20.0. The molecule has 2 unspecified atom stereocenters. The molecule has 1 aliphatic carbocycles. The standard InChI is InChI=1S/C27H30F2OS/c1-4-19(23-16-25(28)27(30-3)26(29)17-23)9-8-18(2)20-10-12-22(13-11-20)21-6-5-7-24(31)15-14-21/h4,8-13,16-17,21,24,31H,2,5-7,14-15H2,1,3H3/b9-8-,19-4+. The van der Waals surface area contributed by atoms with E-state index in [1.54, 1.807) is 0 Å². The molecule has 1 nitrogen and oxygen atoms in total. The maximum absolute atomic E-state index is 14.1. The SMILES string of the molecule is C=C(/C=C\C(=C/C)c1cc(F)c(OC)c(F)c1)c1ccc(C2CCCC(S)CC2)cc1. The van der Waals surface area contributed by atoms with Gasteiger partial charge in [0, 0.05) is 5.25 Å².